The van der Waals surface area contributed by atoms with E-state index in [1.165, 1.54) is 12.8 Å². The molecule has 0 bridgehead atoms. The Morgan fingerprint density at radius 3 is 2.04 bits per heavy atom. The fourth-order valence-electron chi connectivity index (χ4n) is 5.91. The Hall–Kier alpha value is -3.23. The summed E-state index contributed by atoms with van der Waals surface area (Å²) in [6.07, 6.45) is 6.59. The van der Waals surface area contributed by atoms with Gasteiger partial charge >= 0.3 is 5.97 Å². The van der Waals surface area contributed by atoms with Gasteiger partial charge in [-0.15, -0.1) is 0 Å². The van der Waals surface area contributed by atoms with Gasteiger partial charge < -0.3 is 20.5 Å². The molecule has 2 aromatic carbocycles. The van der Waals surface area contributed by atoms with Crippen LogP contribution in [0.3, 0.4) is 0 Å². The van der Waals surface area contributed by atoms with Gasteiger partial charge in [0.1, 0.15) is 6.61 Å². The third-order valence-electron chi connectivity index (χ3n) is 9.14. The van der Waals surface area contributed by atoms with Crippen molar-refractivity contribution >= 4 is 17.8 Å². The van der Waals surface area contributed by atoms with Crippen LogP contribution in [0.4, 0.5) is 0 Å². The molecule has 4 atom stereocenters. The summed E-state index contributed by atoms with van der Waals surface area (Å²) in [5, 5.41) is 18.1. The maximum absolute atomic E-state index is 13.8. The number of rotatable bonds is 12. The molecule has 0 aliphatic carbocycles. The number of hydrogen-bond acceptors (Lipinski definition) is 6. The van der Waals surface area contributed by atoms with Crippen LogP contribution in [0.2, 0.25) is 0 Å². The Labute approximate surface area is 276 Å². The molecule has 3 rings (SSSR count). The highest BCUT2D eigenvalue weighted by Crippen LogP contribution is 2.29. The molecule has 3 N–H and O–H groups in total. The Bertz CT molecular complexity index is 1230. The Balaban J connectivity index is 1.79. The second-order valence-corrected chi connectivity index (χ2v) is 14.5. The molecule has 0 aromatic heterocycles. The van der Waals surface area contributed by atoms with Crippen LogP contribution in [0.1, 0.15) is 97.6 Å². The number of ether oxygens (including phenoxy) is 1. The van der Waals surface area contributed by atoms with Gasteiger partial charge in [-0.2, -0.15) is 0 Å². The van der Waals surface area contributed by atoms with E-state index < -0.39 is 29.4 Å². The Morgan fingerprint density at radius 2 is 1.43 bits per heavy atom. The molecule has 1 saturated heterocycles. The van der Waals surface area contributed by atoms with Crippen molar-refractivity contribution in [2.45, 2.75) is 123 Å². The van der Waals surface area contributed by atoms with Crippen LogP contribution in [0, 0.1) is 11.3 Å². The van der Waals surface area contributed by atoms with Crippen LogP contribution in [-0.2, 0) is 32.1 Å². The smallest absolute Gasteiger partial charge is 0.312 e. The lowest BCUT2D eigenvalue weighted by Crippen LogP contribution is -2.57. The number of amides is 2. The van der Waals surface area contributed by atoms with E-state index >= 15 is 0 Å². The molecule has 0 spiro atoms. The number of carbonyl (C=O) groups is 3. The zero-order valence-corrected chi connectivity index (χ0v) is 28.9. The summed E-state index contributed by atoms with van der Waals surface area (Å²) < 4.78 is 5.61. The average molecular weight is 636 g/mol. The van der Waals surface area contributed by atoms with E-state index in [4.69, 9.17) is 4.74 Å². The molecule has 0 radical (unpaired) electrons. The molecule has 1 fully saturated rings. The first-order chi connectivity index (χ1) is 21.8. The molecule has 8 nitrogen and oxygen atoms in total. The summed E-state index contributed by atoms with van der Waals surface area (Å²) in [7, 11) is 0. The molecule has 2 amide bonds. The highest BCUT2D eigenvalue weighted by Gasteiger charge is 2.41. The maximum Gasteiger partial charge on any atom is 0.312 e. The third kappa shape index (κ3) is 11.8. The van der Waals surface area contributed by atoms with Crippen molar-refractivity contribution in [3.8, 4) is 0 Å². The number of aliphatic hydroxyl groups is 1. The van der Waals surface area contributed by atoms with Gasteiger partial charge in [-0.1, -0.05) is 99.7 Å². The number of esters is 1. The first kappa shape index (κ1) is 37.2. The standard InChI is InChI=1S/C38H57N3O5/c1-28(38(5,6)36(45)46-27-30-21-15-12-16-22-30)34(43)39-31(25-29-19-13-11-14-20-29)33(42)26-41-24-18-10-8-7-9-17-23-32(41)35(44)40-37(2,3)4/h11-16,19-22,28,31-33,42H,7-10,17-18,23-27H2,1-6H3,(H,39,43)(H,40,44). The summed E-state index contributed by atoms with van der Waals surface area (Å²) in [5.41, 5.74) is 0.381. The van der Waals surface area contributed by atoms with Gasteiger partial charge in [-0.05, 0) is 71.6 Å². The topological polar surface area (TPSA) is 108 Å². The number of β-amino-alcohol motifs (C(OH)–C–C–N with tert-alkyl or cyclic N) is 1. The van der Waals surface area contributed by atoms with Gasteiger partial charge in [0.15, 0.2) is 0 Å². The second kappa shape index (κ2) is 17.6. The van der Waals surface area contributed by atoms with E-state index in [-0.39, 0.29) is 36.5 Å². The zero-order chi connectivity index (χ0) is 33.7. The molecule has 1 aliphatic heterocycles. The SMILES string of the molecule is CC(C(=O)NC(Cc1ccccc1)C(O)CN1CCCCCCCCC1C(=O)NC(C)(C)C)C(C)(C)C(=O)OCc1ccccc1. The average Bonchev–Trinajstić information content (AvgIpc) is 3.02. The highest BCUT2D eigenvalue weighted by atomic mass is 16.5. The fourth-order valence-corrected chi connectivity index (χ4v) is 5.91. The van der Waals surface area contributed by atoms with Gasteiger partial charge in [0.2, 0.25) is 11.8 Å². The van der Waals surface area contributed by atoms with E-state index in [0.717, 1.165) is 43.2 Å². The van der Waals surface area contributed by atoms with Crippen molar-refractivity contribution in [3.05, 3.63) is 71.8 Å². The van der Waals surface area contributed by atoms with E-state index in [1.54, 1.807) is 20.8 Å². The quantitative estimate of drug-likeness (QED) is 0.254. The molecule has 4 unspecified atom stereocenters. The van der Waals surface area contributed by atoms with Crippen LogP contribution in [0.25, 0.3) is 0 Å². The molecule has 46 heavy (non-hydrogen) atoms. The highest BCUT2D eigenvalue weighted by molar-refractivity contribution is 5.87. The summed E-state index contributed by atoms with van der Waals surface area (Å²) in [5.74, 6) is -1.53. The van der Waals surface area contributed by atoms with Crippen molar-refractivity contribution in [2.24, 2.45) is 11.3 Å². The lowest BCUT2D eigenvalue weighted by Gasteiger charge is -2.37. The number of benzene rings is 2. The van der Waals surface area contributed by atoms with Gasteiger partial charge in [-0.25, -0.2) is 0 Å². The first-order valence-corrected chi connectivity index (χ1v) is 17.1. The Kier molecular flexibility index (Phi) is 14.3. The molecule has 254 valence electrons. The van der Waals surface area contributed by atoms with E-state index in [1.807, 2.05) is 81.4 Å². The fraction of sp³-hybridized carbons (Fsp3) is 0.605. The molecule has 1 aliphatic rings. The van der Waals surface area contributed by atoms with Crippen LogP contribution in [0.5, 0.6) is 0 Å². The normalized spacial score (nSPS) is 18.9. The minimum absolute atomic E-state index is 0.0201. The molecule has 0 saturated carbocycles. The zero-order valence-electron chi connectivity index (χ0n) is 28.9. The van der Waals surface area contributed by atoms with Crippen molar-refractivity contribution in [1.82, 2.24) is 15.5 Å². The summed E-state index contributed by atoms with van der Waals surface area (Å²) in [6, 6.07) is 18.2. The Morgan fingerprint density at radius 1 is 0.870 bits per heavy atom. The van der Waals surface area contributed by atoms with Gasteiger partial charge in [-0.3, -0.25) is 19.3 Å². The lowest BCUT2D eigenvalue weighted by atomic mass is 9.79. The van der Waals surface area contributed by atoms with Crippen molar-refractivity contribution in [2.75, 3.05) is 13.1 Å². The van der Waals surface area contributed by atoms with Gasteiger partial charge in [0, 0.05) is 12.1 Å². The molecular formula is C38H57N3O5. The predicted molar refractivity (Wildman–Crippen MR) is 183 cm³/mol. The minimum atomic E-state index is -1.10. The minimum Gasteiger partial charge on any atom is -0.460 e. The number of carbonyl (C=O) groups excluding carboxylic acids is 3. The van der Waals surface area contributed by atoms with E-state index in [2.05, 4.69) is 15.5 Å². The van der Waals surface area contributed by atoms with E-state index in [9.17, 15) is 19.5 Å². The number of nitrogens with zero attached hydrogens (tertiary/aromatic N) is 1. The number of hydrogen-bond donors (Lipinski definition) is 3. The third-order valence-corrected chi connectivity index (χ3v) is 9.14. The predicted octanol–water partition coefficient (Wildman–Crippen LogP) is 5.81. The maximum atomic E-state index is 13.8. The molecule has 1 heterocycles. The number of aliphatic hydroxyl groups excluding tert-OH is 1. The summed E-state index contributed by atoms with van der Waals surface area (Å²) in [6.45, 7) is 12.2. The first-order valence-electron chi connectivity index (χ1n) is 17.1. The molecular weight excluding hydrogens is 578 g/mol. The second-order valence-electron chi connectivity index (χ2n) is 14.5. The van der Waals surface area contributed by atoms with Gasteiger partial charge in [0.05, 0.1) is 29.5 Å². The largest absolute Gasteiger partial charge is 0.460 e. The molecule has 8 heteroatoms. The van der Waals surface area contributed by atoms with E-state index in [0.29, 0.717) is 13.0 Å². The van der Waals surface area contributed by atoms with Crippen LogP contribution in [0.15, 0.2) is 60.7 Å². The summed E-state index contributed by atoms with van der Waals surface area (Å²) in [4.78, 5) is 42.6. The van der Waals surface area contributed by atoms with Crippen LogP contribution in [-0.4, -0.2) is 64.6 Å². The van der Waals surface area contributed by atoms with Crippen molar-refractivity contribution in [1.29, 1.82) is 0 Å². The monoisotopic (exact) mass is 635 g/mol. The number of nitrogens with one attached hydrogen (secondary N) is 2. The summed E-state index contributed by atoms with van der Waals surface area (Å²) >= 11 is 0. The van der Waals surface area contributed by atoms with Crippen LogP contribution >= 0.6 is 0 Å². The van der Waals surface area contributed by atoms with Gasteiger partial charge in [0.25, 0.3) is 0 Å². The lowest BCUT2D eigenvalue weighted by molar-refractivity contribution is -0.161. The van der Waals surface area contributed by atoms with Crippen molar-refractivity contribution < 1.29 is 24.2 Å². The molecule has 2 aromatic rings. The van der Waals surface area contributed by atoms with Crippen LogP contribution < -0.4 is 10.6 Å². The van der Waals surface area contributed by atoms with Crippen molar-refractivity contribution in [3.63, 3.8) is 0 Å².